The number of aryl methyl sites for hydroxylation is 2. The summed E-state index contributed by atoms with van der Waals surface area (Å²) in [6, 6.07) is 14.5. The van der Waals surface area contributed by atoms with E-state index < -0.39 is 0 Å². The monoisotopic (exact) mass is 312 g/mol. The van der Waals surface area contributed by atoms with Crippen LogP contribution in [0.15, 0.2) is 42.5 Å². The number of hydrogen-bond acceptors (Lipinski definition) is 1. The molecule has 1 aromatic heterocycles. The first-order valence-corrected chi connectivity index (χ1v) is 8.15. The number of aromatic nitrogens is 1. The molecule has 0 spiro atoms. The average molecular weight is 313 g/mol. The van der Waals surface area contributed by atoms with Gasteiger partial charge in [-0.05, 0) is 55.5 Å². The lowest BCUT2D eigenvalue weighted by molar-refractivity contribution is 0.748. The SMILES string of the molecule is Cc1ccc(Cl)c2c(CCCCN)c(-c3ccccc3)[nH]c12. The number of unbranched alkanes of at least 4 members (excludes halogenated alkanes) is 1. The highest BCUT2D eigenvalue weighted by molar-refractivity contribution is 6.36. The molecule has 0 aliphatic rings. The summed E-state index contributed by atoms with van der Waals surface area (Å²) in [7, 11) is 0. The molecule has 0 unspecified atom stereocenters. The van der Waals surface area contributed by atoms with Crippen molar-refractivity contribution in [3.8, 4) is 11.3 Å². The third kappa shape index (κ3) is 2.77. The fraction of sp³-hybridized carbons (Fsp3) is 0.263. The minimum atomic E-state index is 0.732. The molecule has 3 aromatic rings. The molecular weight excluding hydrogens is 292 g/mol. The molecule has 0 bridgehead atoms. The summed E-state index contributed by atoms with van der Waals surface area (Å²) in [6.45, 7) is 2.85. The van der Waals surface area contributed by atoms with E-state index in [9.17, 15) is 0 Å². The maximum atomic E-state index is 6.50. The second kappa shape index (κ2) is 6.55. The summed E-state index contributed by atoms with van der Waals surface area (Å²) in [5.74, 6) is 0. The highest BCUT2D eigenvalue weighted by atomic mass is 35.5. The van der Waals surface area contributed by atoms with Gasteiger partial charge in [-0.15, -0.1) is 0 Å². The second-order valence-electron chi connectivity index (χ2n) is 5.70. The minimum Gasteiger partial charge on any atom is -0.354 e. The number of rotatable bonds is 5. The molecule has 0 radical (unpaired) electrons. The largest absolute Gasteiger partial charge is 0.354 e. The van der Waals surface area contributed by atoms with Gasteiger partial charge >= 0.3 is 0 Å². The van der Waals surface area contributed by atoms with Crippen LogP contribution in [0, 0.1) is 6.92 Å². The number of nitrogens with one attached hydrogen (secondary N) is 1. The van der Waals surface area contributed by atoms with Gasteiger partial charge in [0.05, 0.1) is 10.5 Å². The van der Waals surface area contributed by atoms with E-state index in [4.69, 9.17) is 17.3 Å². The summed E-state index contributed by atoms with van der Waals surface area (Å²) >= 11 is 6.50. The van der Waals surface area contributed by atoms with E-state index in [0.29, 0.717) is 0 Å². The molecule has 2 aromatic carbocycles. The van der Waals surface area contributed by atoms with Crippen LogP contribution in [0.3, 0.4) is 0 Å². The standard InChI is InChI=1S/C19H21ClN2/c1-13-10-11-16(20)17-15(9-5-6-12-21)19(22-18(13)17)14-7-3-2-4-8-14/h2-4,7-8,10-11,22H,5-6,9,12,21H2,1H3. The summed E-state index contributed by atoms with van der Waals surface area (Å²) in [5, 5.41) is 1.99. The van der Waals surface area contributed by atoms with Crippen LogP contribution in [-0.2, 0) is 6.42 Å². The number of benzene rings is 2. The van der Waals surface area contributed by atoms with Crippen molar-refractivity contribution in [3.63, 3.8) is 0 Å². The molecule has 0 aliphatic heterocycles. The van der Waals surface area contributed by atoms with E-state index in [1.54, 1.807) is 0 Å². The number of hydrogen-bond donors (Lipinski definition) is 2. The van der Waals surface area contributed by atoms with Crippen LogP contribution in [0.25, 0.3) is 22.2 Å². The lowest BCUT2D eigenvalue weighted by Crippen LogP contribution is -1.99. The zero-order chi connectivity index (χ0) is 15.5. The highest BCUT2D eigenvalue weighted by Gasteiger charge is 2.16. The zero-order valence-electron chi connectivity index (χ0n) is 12.8. The first kappa shape index (κ1) is 15.1. The predicted molar refractivity (Wildman–Crippen MR) is 95.5 cm³/mol. The zero-order valence-corrected chi connectivity index (χ0v) is 13.6. The Balaban J connectivity index is 2.19. The Kier molecular flexibility index (Phi) is 4.51. The first-order chi connectivity index (χ1) is 10.7. The van der Waals surface area contributed by atoms with E-state index in [2.05, 4.69) is 42.2 Å². The molecular formula is C19H21ClN2. The summed E-state index contributed by atoms with van der Waals surface area (Å²) in [5.41, 5.74) is 11.7. The first-order valence-electron chi connectivity index (χ1n) is 7.77. The molecule has 3 rings (SSSR count). The van der Waals surface area contributed by atoms with Crippen molar-refractivity contribution >= 4 is 22.5 Å². The molecule has 1 heterocycles. The van der Waals surface area contributed by atoms with Gasteiger partial charge in [0.25, 0.3) is 0 Å². The molecule has 22 heavy (non-hydrogen) atoms. The third-order valence-electron chi connectivity index (χ3n) is 4.16. The van der Waals surface area contributed by atoms with Gasteiger partial charge in [0, 0.05) is 11.1 Å². The molecule has 3 heteroatoms. The summed E-state index contributed by atoms with van der Waals surface area (Å²) in [4.78, 5) is 3.60. The van der Waals surface area contributed by atoms with Crippen molar-refractivity contribution < 1.29 is 0 Å². The Morgan fingerprint density at radius 1 is 1.05 bits per heavy atom. The summed E-state index contributed by atoms with van der Waals surface area (Å²) in [6.07, 6.45) is 3.10. The molecule has 0 saturated heterocycles. The van der Waals surface area contributed by atoms with Crippen LogP contribution in [0.4, 0.5) is 0 Å². The fourth-order valence-corrected chi connectivity index (χ4v) is 3.28. The van der Waals surface area contributed by atoms with E-state index in [0.717, 1.165) is 41.7 Å². The van der Waals surface area contributed by atoms with E-state index >= 15 is 0 Å². The van der Waals surface area contributed by atoms with Crippen molar-refractivity contribution in [1.29, 1.82) is 0 Å². The van der Waals surface area contributed by atoms with Gasteiger partial charge in [-0.1, -0.05) is 48.0 Å². The number of fused-ring (bicyclic) bond motifs is 1. The minimum absolute atomic E-state index is 0.732. The van der Waals surface area contributed by atoms with Crippen LogP contribution in [-0.4, -0.2) is 11.5 Å². The smallest absolute Gasteiger partial charge is 0.0506 e. The van der Waals surface area contributed by atoms with Gasteiger partial charge in [-0.3, -0.25) is 0 Å². The predicted octanol–water partition coefficient (Wildman–Crippen LogP) is 5.08. The van der Waals surface area contributed by atoms with Gasteiger partial charge in [-0.2, -0.15) is 0 Å². The molecule has 0 atom stereocenters. The van der Waals surface area contributed by atoms with Gasteiger partial charge in [-0.25, -0.2) is 0 Å². The number of aromatic amines is 1. The number of nitrogens with two attached hydrogens (primary N) is 1. The normalized spacial score (nSPS) is 11.2. The molecule has 2 nitrogen and oxygen atoms in total. The average Bonchev–Trinajstić information content (AvgIpc) is 2.93. The molecule has 0 fully saturated rings. The second-order valence-corrected chi connectivity index (χ2v) is 6.11. The molecule has 3 N–H and O–H groups in total. The van der Waals surface area contributed by atoms with E-state index in [1.807, 2.05) is 12.1 Å². The molecule has 0 saturated carbocycles. The van der Waals surface area contributed by atoms with E-state index in [-0.39, 0.29) is 0 Å². The van der Waals surface area contributed by atoms with Crippen LogP contribution in [0.2, 0.25) is 5.02 Å². The van der Waals surface area contributed by atoms with Gasteiger partial charge in [0.1, 0.15) is 0 Å². The Morgan fingerprint density at radius 3 is 2.55 bits per heavy atom. The Morgan fingerprint density at radius 2 is 1.82 bits per heavy atom. The van der Waals surface area contributed by atoms with Gasteiger partial charge in [0.15, 0.2) is 0 Å². The Labute approximate surface area is 136 Å². The molecule has 114 valence electrons. The maximum Gasteiger partial charge on any atom is 0.0506 e. The topological polar surface area (TPSA) is 41.8 Å². The lowest BCUT2D eigenvalue weighted by Gasteiger charge is -2.06. The lowest BCUT2D eigenvalue weighted by atomic mass is 9.99. The fourth-order valence-electron chi connectivity index (χ4n) is 3.01. The highest BCUT2D eigenvalue weighted by Crippen LogP contribution is 2.36. The maximum absolute atomic E-state index is 6.50. The van der Waals surface area contributed by atoms with Crippen molar-refractivity contribution in [2.45, 2.75) is 26.2 Å². The van der Waals surface area contributed by atoms with Crippen LogP contribution in [0.1, 0.15) is 24.0 Å². The van der Waals surface area contributed by atoms with Crippen molar-refractivity contribution in [1.82, 2.24) is 4.98 Å². The molecule has 0 amide bonds. The third-order valence-corrected chi connectivity index (χ3v) is 4.47. The van der Waals surface area contributed by atoms with E-state index in [1.165, 1.54) is 22.4 Å². The van der Waals surface area contributed by atoms with Crippen LogP contribution in [0.5, 0.6) is 0 Å². The Bertz CT molecular complexity index is 775. The van der Waals surface area contributed by atoms with Crippen LogP contribution >= 0.6 is 11.6 Å². The number of halogens is 1. The van der Waals surface area contributed by atoms with Crippen molar-refractivity contribution in [2.24, 2.45) is 5.73 Å². The Hall–Kier alpha value is -1.77. The number of H-pyrrole nitrogens is 1. The van der Waals surface area contributed by atoms with Crippen LogP contribution < -0.4 is 5.73 Å². The van der Waals surface area contributed by atoms with Crippen molar-refractivity contribution in [2.75, 3.05) is 6.54 Å². The summed E-state index contributed by atoms with van der Waals surface area (Å²) < 4.78 is 0. The quantitative estimate of drug-likeness (QED) is 0.634. The van der Waals surface area contributed by atoms with Crippen molar-refractivity contribution in [3.05, 3.63) is 58.6 Å². The molecule has 0 aliphatic carbocycles. The van der Waals surface area contributed by atoms with Gasteiger partial charge < -0.3 is 10.7 Å². The van der Waals surface area contributed by atoms with Gasteiger partial charge in [0.2, 0.25) is 0 Å².